The van der Waals surface area contributed by atoms with E-state index in [9.17, 15) is 0 Å². The van der Waals surface area contributed by atoms with E-state index in [0.717, 1.165) is 11.2 Å². The quantitative estimate of drug-likeness (QED) is 0.347. The summed E-state index contributed by atoms with van der Waals surface area (Å²) in [6.45, 7) is 0. The van der Waals surface area contributed by atoms with Crippen LogP contribution in [0.4, 0.5) is 0 Å². The zero-order valence-electron chi connectivity index (χ0n) is 10.4. The van der Waals surface area contributed by atoms with Crippen LogP contribution in [0.2, 0.25) is 0 Å². The van der Waals surface area contributed by atoms with Crippen molar-refractivity contribution >= 4 is 68.6 Å². The number of para-hydroxylation sites is 1. The fraction of sp³-hybridized carbons (Fsp3) is 0. The second-order valence-corrected chi connectivity index (χ2v) is 6.00. The zero-order valence-corrected chi connectivity index (χ0v) is 12.6. The minimum absolute atomic E-state index is 1.00. The van der Waals surface area contributed by atoms with E-state index >= 15 is 0 Å². The van der Waals surface area contributed by atoms with Crippen molar-refractivity contribution in [3.63, 3.8) is 0 Å². The Labute approximate surface area is 125 Å². The van der Waals surface area contributed by atoms with Gasteiger partial charge in [-0.3, -0.25) is 0 Å². The summed E-state index contributed by atoms with van der Waals surface area (Å²) in [5.41, 5.74) is 3.19. The molecule has 19 heavy (non-hydrogen) atoms. The molecule has 3 heteroatoms. The smallest absolute Gasteiger partial charge is 0.144 e. The molecule has 1 nitrogen and oxygen atoms in total. The van der Waals surface area contributed by atoms with Crippen LogP contribution in [0.25, 0.3) is 32.7 Å². The SMILES string of the molecule is Bc1cccc2c1oc1c3ccccc3c(I)cc21. The maximum atomic E-state index is 6.15. The Balaban J connectivity index is 2.36. The Morgan fingerprint density at radius 2 is 1.47 bits per heavy atom. The summed E-state index contributed by atoms with van der Waals surface area (Å²) in [5, 5.41) is 4.87. The van der Waals surface area contributed by atoms with Crippen LogP contribution < -0.4 is 5.46 Å². The van der Waals surface area contributed by atoms with Gasteiger partial charge in [-0.25, -0.2) is 0 Å². The minimum Gasteiger partial charge on any atom is -0.456 e. The predicted octanol–water partition coefficient (Wildman–Crippen LogP) is 3.60. The Morgan fingerprint density at radius 1 is 0.789 bits per heavy atom. The molecule has 4 rings (SSSR count). The summed E-state index contributed by atoms with van der Waals surface area (Å²) in [5.74, 6) is 0. The number of halogens is 1. The summed E-state index contributed by atoms with van der Waals surface area (Å²) in [6, 6.07) is 17.0. The molecule has 1 aromatic heterocycles. The highest BCUT2D eigenvalue weighted by atomic mass is 127. The first-order valence-corrected chi connectivity index (χ1v) is 7.32. The van der Waals surface area contributed by atoms with Gasteiger partial charge < -0.3 is 4.42 Å². The van der Waals surface area contributed by atoms with E-state index in [4.69, 9.17) is 4.42 Å². The van der Waals surface area contributed by atoms with Crippen molar-refractivity contribution in [2.24, 2.45) is 0 Å². The molecule has 0 aliphatic heterocycles. The van der Waals surface area contributed by atoms with Gasteiger partial charge in [0.15, 0.2) is 0 Å². The molecule has 4 aromatic rings. The number of hydrogen-bond donors (Lipinski definition) is 0. The Bertz CT molecular complexity index is 940. The van der Waals surface area contributed by atoms with Crippen molar-refractivity contribution in [1.82, 2.24) is 0 Å². The Hall–Kier alpha value is -1.49. The maximum Gasteiger partial charge on any atom is 0.144 e. The molecule has 0 spiro atoms. The van der Waals surface area contributed by atoms with E-state index in [0.29, 0.717) is 0 Å². The molecule has 0 fully saturated rings. The average molecular weight is 356 g/mol. The second-order valence-electron chi connectivity index (χ2n) is 4.83. The fourth-order valence-electron chi connectivity index (χ4n) is 2.72. The second kappa shape index (κ2) is 4.00. The van der Waals surface area contributed by atoms with Gasteiger partial charge >= 0.3 is 0 Å². The molecule has 3 aromatic carbocycles. The lowest BCUT2D eigenvalue weighted by Gasteiger charge is -2.01. The predicted molar refractivity (Wildman–Crippen MR) is 92.1 cm³/mol. The third-order valence-corrected chi connectivity index (χ3v) is 4.54. The van der Waals surface area contributed by atoms with Gasteiger partial charge in [0, 0.05) is 19.7 Å². The molecule has 90 valence electrons. The van der Waals surface area contributed by atoms with E-state index < -0.39 is 0 Å². The first-order chi connectivity index (χ1) is 9.25. The largest absolute Gasteiger partial charge is 0.456 e. The van der Waals surface area contributed by atoms with Gasteiger partial charge in [-0.15, -0.1) is 0 Å². The van der Waals surface area contributed by atoms with E-state index in [1.807, 2.05) is 0 Å². The molecule has 0 aliphatic rings. The number of benzene rings is 3. The normalized spacial score (nSPS) is 11.6. The summed E-state index contributed by atoms with van der Waals surface area (Å²) in [4.78, 5) is 0. The van der Waals surface area contributed by atoms with Crippen molar-refractivity contribution in [1.29, 1.82) is 0 Å². The van der Waals surface area contributed by atoms with Gasteiger partial charge in [-0.2, -0.15) is 0 Å². The first-order valence-electron chi connectivity index (χ1n) is 6.25. The highest BCUT2D eigenvalue weighted by Crippen LogP contribution is 2.35. The fourth-order valence-corrected chi connectivity index (χ4v) is 3.50. The van der Waals surface area contributed by atoms with Crippen LogP contribution in [-0.2, 0) is 0 Å². The number of rotatable bonds is 0. The van der Waals surface area contributed by atoms with Crippen molar-refractivity contribution < 1.29 is 4.42 Å². The average Bonchev–Trinajstić information content (AvgIpc) is 2.80. The minimum atomic E-state index is 1.00. The molecule has 0 radical (unpaired) electrons. The maximum absolute atomic E-state index is 6.15. The van der Waals surface area contributed by atoms with Crippen LogP contribution in [0.1, 0.15) is 0 Å². The molecule has 0 aliphatic carbocycles. The number of furan rings is 1. The number of fused-ring (bicyclic) bond motifs is 5. The Kier molecular flexibility index (Phi) is 2.39. The third kappa shape index (κ3) is 1.54. The summed E-state index contributed by atoms with van der Waals surface area (Å²) in [6.07, 6.45) is 0. The van der Waals surface area contributed by atoms with Crippen LogP contribution in [0, 0.1) is 3.57 Å². The Morgan fingerprint density at radius 3 is 2.32 bits per heavy atom. The lowest BCUT2D eigenvalue weighted by molar-refractivity contribution is 0.675. The van der Waals surface area contributed by atoms with Gasteiger partial charge in [0.05, 0.1) is 0 Å². The van der Waals surface area contributed by atoms with Crippen molar-refractivity contribution in [3.8, 4) is 0 Å². The number of hydrogen-bond acceptors (Lipinski definition) is 1. The first kappa shape index (κ1) is 11.4. The van der Waals surface area contributed by atoms with E-state index in [1.165, 1.54) is 30.6 Å². The van der Waals surface area contributed by atoms with Gasteiger partial charge in [0.2, 0.25) is 0 Å². The molecule has 0 N–H and O–H groups in total. The molecule has 0 atom stereocenters. The molecule has 1 heterocycles. The van der Waals surface area contributed by atoms with Crippen LogP contribution in [-0.4, -0.2) is 7.85 Å². The van der Waals surface area contributed by atoms with Crippen LogP contribution in [0.5, 0.6) is 0 Å². The van der Waals surface area contributed by atoms with Crippen molar-refractivity contribution in [3.05, 3.63) is 52.1 Å². The molecule has 0 saturated carbocycles. The van der Waals surface area contributed by atoms with Crippen LogP contribution in [0.3, 0.4) is 0 Å². The van der Waals surface area contributed by atoms with Gasteiger partial charge in [0.25, 0.3) is 0 Å². The van der Waals surface area contributed by atoms with E-state index in [2.05, 4.69) is 79.0 Å². The molecular formula is C16H10BIO. The molecule has 0 bridgehead atoms. The highest BCUT2D eigenvalue weighted by Gasteiger charge is 2.13. The van der Waals surface area contributed by atoms with E-state index in [1.54, 1.807) is 0 Å². The summed E-state index contributed by atoms with van der Waals surface area (Å²) in [7, 11) is 2.10. The molecule has 0 amide bonds. The van der Waals surface area contributed by atoms with Gasteiger partial charge in [-0.05, 0) is 39.5 Å². The topological polar surface area (TPSA) is 13.1 Å². The molecular weight excluding hydrogens is 346 g/mol. The van der Waals surface area contributed by atoms with Crippen LogP contribution in [0.15, 0.2) is 52.9 Å². The molecule has 0 saturated heterocycles. The highest BCUT2D eigenvalue weighted by molar-refractivity contribution is 14.1. The zero-order chi connectivity index (χ0) is 13.0. The summed E-state index contributed by atoms with van der Waals surface area (Å²) < 4.78 is 7.42. The monoisotopic (exact) mass is 356 g/mol. The third-order valence-electron chi connectivity index (χ3n) is 3.65. The standard InChI is InChI=1S/C16H10BIO/c17-13-7-3-6-11-12-8-14(18)9-4-1-2-5-10(9)15(12)19-16(11)13/h1-8H,17H2. The van der Waals surface area contributed by atoms with Gasteiger partial charge in [-0.1, -0.05) is 42.5 Å². The van der Waals surface area contributed by atoms with Crippen LogP contribution >= 0.6 is 22.6 Å². The lowest BCUT2D eigenvalue weighted by atomic mass is 9.94. The summed E-state index contributed by atoms with van der Waals surface area (Å²) >= 11 is 2.40. The van der Waals surface area contributed by atoms with Gasteiger partial charge in [0.1, 0.15) is 19.0 Å². The van der Waals surface area contributed by atoms with Crippen molar-refractivity contribution in [2.45, 2.75) is 0 Å². The van der Waals surface area contributed by atoms with E-state index in [-0.39, 0.29) is 0 Å². The van der Waals surface area contributed by atoms with Crippen molar-refractivity contribution in [2.75, 3.05) is 0 Å². The lowest BCUT2D eigenvalue weighted by Crippen LogP contribution is -2.00. The molecule has 0 unspecified atom stereocenters.